The molecule has 0 amide bonds. The van der Waals surface area contributed by atoms with E-state index in [0.29, 0.717) is 24.7 Å². The summed E-state index contributed by atoms with van der Waals surface area (Å²) < 4.78 is 23.4. The van der Waals surface area contributed by atoms with E-state index >= 15 is 0 Å². The van der Waals surface area contributed by atoms with Crippen LogP contribution in [0.25, 0.3) is 0 Å². The second-order valence-corrected chi connectivity index (χ2v) is 19.7. The third-order valence-corrected chi connectivity index (χ3v) is 17.3. The van der Waals surface area contributed by atoms with E-state index in [1.165, 1.54) is 0 Å². The Hall–Kier alpha value is -1.68. The Balaban J connectivity index is 1.11. The number of fused-ring (bicyclic) bond motifs is 7. The summed E-state index contributed by atoms with van der Waals surface area (Å²) in [6, 6.07) is 0. The standard InChI is InChI=1S/C41H64O13/c1-19(2)20-10-15-41(36(49)50)17-16-39(6)21(26(20)41)8-9-24-38(5)13-12-25(37(3,4)23(38)11-14-40(24,39)7)52-35-30(46)31(29(45)32(54-35)33(47)48)53-34-28(44)27(43)22(42)18-51-34/h20-32,34-35,42-46H,1,8-18H2,2-7H3,(H,47,48)(H,49,50)/t20-,21+,22+,23?,24+,25-,26+,27-,28+,29-,30+,31-,32-,34-,35+,38-,39+,40+,41-/m0/s1. The lowest BCUT2D eigenvalue weighted by atomic mass is 9.32. The highest BCUT2D eigenvalue weighted by Gasteiger charge is 2.72. The van der Waals surface area contributed by atoms with Crippen molar-refractivity contribution in [3.8, 4) is 0 Å². The summed E-state index contributed by atoms with van der Waals surface area (Å²) >= 11 is 0. The van der Waals surface area contributed by atoms with Gasteiger partial charge in [0, 0.05) is 0 Å². The second kappa shape index (κ2) is 13.7. The molecule has 5 aliphatic carbocycles. The fourth-order valence-corrected chi connectivity index (χ4v) is 14.3. The maximum Gasteiger partial charge on any atom is 0.335 e. The van der Waals surface area contributed by atoms with E-state index in [-0.39, 0.29) is 40.6 Å². The molecule has 5 saturated carbocycles. The average molecular weight is 765 g/mol. The number of hydrogen-bond donors (Lipinski definition) is 7. The monoisotopic (exact) mass is 764 g/mol. The van der Waals surface area contributed by atoms with Crippen molar-refractivity contribution in [2.75, 3.05) is 6.61 Å². The van der Waals surface area contributed by atoms with Gasteiger partial charge in [-0.2, -0.15) is 0 Å². The van der Waals surface area contributed by atoms with Crippen molar-refractivity contribution in [1.82, 2.24) is 0 Å². The summed E-state index contributed by atoms with van der Waals surface area (Å²) in [6.45, 7) is 17.8. The molecule has 13 heteroatoms. The molecule has 0 spiro atoms. The Kier molecular flexibility index (Phi) is 10.3. The topological polar surface area (TPSA) is 213 Å². The third kappa shape index (κ3) is 5.72. The summed E-state index contributed by atoms with van der Waals surface area (Å²) in [7, 11) is 0. The van der Waals surface area contributed by atoms with E-state index < -0.39 is 84.2 Å². The maximum absolute atomic E-state index is 13.0. The van der Waals surface area contributed by atoms with Crippen molar-refractivity contribution in [1.29, 1.82) is 0 Å². The number of carboxylic acids is 2. The molecular weight excluding hydrogens is 700 g/mol. The van der Waals surface area contributed by atoms with Gasteiger partial charge in [-0.3, -0.25) is 4.79 Å². The molecule has 2 saturated heterocycles. The Morgan fingerprint density at radius 2 is 1.43 bits per heavy atom. The first-order valence-corrected chi connectivity index (χ1v) is 20.3. The van der Waals surface area contributed by atoms with Crippen molar-refractivity contribution in [3.05, 3.63) is 12.2 Å². The smallest absolute Gasteiger partial charge is 0.335 e. The first-order chi connectivity index (χ1) is 25.2. The number of aliphatic hydroxyl groups is 5. The zero-order valence-corrected chi connectivity index (χ0v) is 32.7. The molecule has 13 nitrogen and oxygen atoms in total. The minimum absolute atomic E-state index is 0.00524. The lowest BCUT2D eigenvalue weighted by molar-refractivity contribution is -0.357. The number of aliphatic hydroxyl groups excluding tert-OH is 5. The summed E-state index contributed by atoms with van der Waals surface area (Å²) in [5, 5.41) is 73.6. The van der Waals surface area contributed by atoms with Crippen molar-refractivity contribution in [2.45, 2.75) is 167 Å². The van der Waals surface area contributed by atoms with Crippen LogP contribution >= 0.6 is 0 Å². The molecule has 2 heterocycles. The van der Waals surface area contributed by atoms with Gasteiger partial charge in [-0.15, -0.1) is 0 Å². The molecule has 0 aromatic heterocycles. The number of allylic oxidation sites excluding steroid dienone is 1. The van der Waals surface area contributed by atoms with Crippen molar-refractivity contribution < 1.29 is 64.3 Å². The molecule has 7 aliphatic rings. The van der Waals surface area contributed by atoms with Gasteiger partial charge in [0.25, 0.3) is 0 Å². The van der Waals surface area contributed by atoms with Gasteiger partial charge in [0.2, 0.25) is 0 Å². The molecule has 1 unspecified atom stereocenters. The molecule has 306 valence electrons. The zero-order chi connectivity index (χ0) is 39.5. The van der Waals surface area contributed by atoms with Gasteiger partial charge < -0.3 is 54.7 Å². The van der Waals surface area contributed by atoms with Crippen LogP contribution in [0.4, 0.5) is 0 Å². The predicted molar refractivity (Wildman–Crippen MR) is 192 cm³/mol. The lowest BCUT2D eigenvalue weighted by Gasteiger charge is -2.73. The second-order valence-electron chi connectivity index (χ2n) is 19.7. The van der Waals surface area contributed by atoms with Crippen LogP contribution in [0.1, 0.15) is 106 Å². The van der Waals surface area contributed by atoms with E-state index in [1.807, 2.05) is 0 Å². The fraction of sp³-hybridized carbons (Fsp3) is 0.902. The maximum atomic E-state index is 13.0. The Morgan fingerprint density at radius 3 is 2.07 bits per heavy atom. The van der Waals surface area contributed by atoms with Gasteiger partial charge in [0.05, 0.1) is 18.1 Å². The Morgan fingerprint density at radius 1 is 0.722 bits per heavy atom. The van der Waals surface area contributed by atoms with Gasteiger partial charge in [0.1, 0.15) is 36.6 Å². The zero-order valence-electron chi connectivity index (χ0n) is 32.7. The largest absolute Gasteiger partial charge is 0.481 e. The number of ether oxygens (including phenoxy) is 4. The van der Waals surface area contributed by atoms with Gasteiger partial charge in [-0.1, -0.05) is 46.8 Å². The molecule has 7 rings (SSSR count). The highest BCUT2D eigenvalue weighted by Crippen LogP contribution is 2.77. The van der Waals surface area contributed by atoms with Gasteiger partial charge >= 0.3 is 11.9 Å². The summed E-state index contributed by atoms with van der Waals surface area (Å²) in [5.74, 6) is -0.843. The van der Waals surface area contributed by atoms with Crippen LogP contribution in [-0.4, -0.2) is 116 Å². The van der Waals surface area contributed by atoms with Crippen LogP contribution in [0.15, 0.2) is 12.2 Å². The normalized spacial score (nSPS) is 54.0. The molecule has 54 heavy (non-hydrogen) atoms. The average Bonchev–Trinajstić information content (AvgIpc) is 3.50. The highest BCUT2D eigenvalue weighted by atomic mass is 16.7. The third-order valence-electron chi connectivity index (χ3n) is 17.3. The van der Waals surface area contributed by atoms with E-state index in [0.717, 1.165) is 56.9 Å². The van der Waals surface area contributed by atoms with E-state index in [4.69, 9.17) is 18.9 Å². The number of carboxylic acid groups (broad SMARTS) is 2. The van der Waals surface area contributed by atoms with Gasteiger partial charge in [-0.25, -0.2) is 4.79 Å². The molecule has 2 aliphatic heterocycles. The van der Waals surface area contributed by atoms with Crippen LogP contribution in [0, 0.1) is 56.7 Å². The molecule has 19 atom stereocenters. The fourth-order valence-electron chi connectivity index (χ4n) is 14.3. The van der Waals surface area contributed by atoms with E-state index in [9.17, 15) is 45.3 Å². The summed E-state index contributed by atoms with van der Waals surface area (Å²) in [4.78, 5) is 25.3. The Bertz CT molecular complexity index is 1490. The van der Waals surface area contributed by atoms with Crippen LogP contribution in [0.5, 0.6) is 0 Å². The van der Waals surface area contributed by atoms with E-state index in [2.05, 4.69) is 48.1 Å². The molecular formula is C41H64O13. The van der Waals surface area contributed by atoms with Crippen LogP contribution in [0.3, 0.4) is 0 Å². The molecule has 0 aromatic rings. The van der Waals surface area contributed by atoms with Crippen molar-refractivity contribution in [3.63, 3.8) is 0 Å². The summed E-state index contributed by atoms with van der Waals surface area (Å²) in [6.07, 6.45) is -6.46. The molecule has 7 fully saturated rings. The lowest BCUT2D eigenvalue weighted by Crippen LogP contribution is -2.68. The van der Waals surface area contributed by atoms with Gasteiger partial charge in [-0.05, 0) is 122 Å². The molecule has 7 N–H and O–H groups in total. The predicted octanol–water partition coefficient (Wildman–Crippen LogP) is 3.47. The van der Waals surface area contributed by atoms with Crippen LogP contribution < -0.4 is 0 Å². The first kappa shape index (κ1) is 40.5. The highest BCUT2D eigenvalue weighted by molar-refractivity contribution is 5.76. The van der Waals surface area contributed by atoms with Crippen LogP contribution in [0.2, 0.25) is 0 Å². The molecule has 0 radical (unpaired) electrons. The number of hydrogen-bond acceptors (Lipinski definition) is 11. The van der Waals surface area contributed by atoms with Crippen molar-refractivity contribution in [2.24, 2.45) is 56.7 Å². The quantitative estimate of drug-likeness (QED) is 0.146. The number of aliphatic carboxylic acids is 2. The SMILES string of the molecule is C=C(C)[C@@H]1CC[C@]2(C(=O)O)CC[C@]3(C)[C@H](CC[C@@H]4[C@@]5(C)CC[C@H](O[C@@H]6O[C@H](C(=O)O)[C@@H](O)[C@H](O[C@@H]7OC[C@@H](O)[C@H](O)[C@H]7O)[C@H]6O)C(C)(C)C5CC[C@]43C)[C@@H]12. The van der Waals surface area contributed by atoms with Crippen molar-refractivity contribution >= 4 is 11.9 Å². The molecule has 0 bridgehead atoms. The number of carbonyl (C=O) groups is 2. The Labute approximate surface area is 318 Å². The number of rotatable bonds is 7. The summed E-state index contributed by atoms with van der Waals surface area (Å²) in [5.41, 5.74) is -0.0478. The minimum atomic E-state index is -1.86. The first-order valence-electron chi connectivity index (χ1n) is 20.3. The minimum Gasteiger partial charge on any atom is -0.481 e. The van der Waals surface area contributed by atoms with Crippen LogP contribution in [-0.2, 0) is 28.5 Å². The molecule has 0 aromatic carbocycles. The van der Waals surface area contributed by atoms with Gasteiger partial charge in [0.15, 0.2) is 18.7 Å². The van der Waals surface area contributed by atoms with E-state index in [1.54, 1.807) is 0 Å².